The van der Waals surface area contributed by atoms with Crippen LogP contribution < -0.4 is 0 Å². The highest BCUT2D eigenvalue weighted by Crippen LogP contribution is 2.41. The van der Waals surface area contributed by atoms with Crippen LogP contribution in [0, 0.1) is 5.92 Å². The van der Waals surface area contributed by atoms with Gasteiger partial charge in [-0.2, -0.15) is 0 Å². The van der Waals surface area contributed by atoms with Crippen molar-refractivity contribution in [1.82, 2.24) is 4.90 Å². The van der Waals surface area contributed by atoms with E-state index < -0.39 is 5.79 Å². The number of hydrogen-bond donors (Lipinski definition) is 1. The molecule has 0 amide bonds. The molecule has 2 rings (SSSR count). The molecule has 2 heterocycles. The van der Waals surface area contributed by atoms with Crippen LogP contribution in [0.1, 0.15) is 20.8 Å². The fourth-order valence-electron chi connectivity index (χ4n) is 3.05. The Kier molecular flexibility index (Phi) is 4.73. The number of aliphatic hydroxyl groups excluding tert-OH is 1. The highest BCUT2D eigenvalue weighted by Gasteiger charge is 2.60. The topological polar surface area (TPSA) is 60.4 Å². The molecule has 0 aliphatic carbocycles. The second-order valence-corrected chi connectivity index (χ2v) is 6.54. The SMILES string of the molecule is COC1(OC)COC2C(CO)CN(COC(C)(C)C)C21. The van der Waals surface area contributed by atoms with Gasteiger partial charge in [-0.25, -0.2) is 0 Å². The predicted molar refractivity (Wildman–Crippen MR) is 73.3 cm³/mol. The van der Waals surface area contributed by atoms with E-state index in [0.717, 1.165) is 6.54 Å². The third-order valence-corrected chi connectivity index (χ3v) is 4.15. The highest BCUT2D eigenvalue weighted by molar-refractivity contribution is 5.06. The van der Waals surface area contributed by atoms with Crippen molar-refractivity contribution in [2.75, 3.05) is 40.7 Å². The quantitative estimate of drug-likeness (QED) is 0.741. The number of fused-ring (bicyclic) bond motifs is 1. The van der Waals surface area contributed by atoms with Crippen LogP contribution in [0.5, 0.6) is 0 Å². The van der Waals surface area contributed by atoms with Gasteiger partial charge in [0.05, 0.1) is 17.7 Å². The second kappa shape index (κ2) is 5.87. The molecule has 0 bridgehead atoms. The highest BCUT2D eigenvalue weighted by atomic mass is 16.7. The Hall–Kier alpha value is -0.240. The Morgan fingerprint density at radius 1 is 1.30 bits per heavy atom. The summed E-state index contributed by atoms with van der Waals surface area (Å²) in [5.74, 6) is -0.716. The maximum Gasteiger partial charge on any atom is 0.210 e. The van der Waals surface area contributed by atoms with Crippen molar-refractivity contribution in [3.05, 3.63) is 0 Å². The summed E-state index contributed by atoms with van der Waals surface area (Å²) < 4.78 is 22.9. The molecule has 0 aromatic carbocycles. The normalized spacial score (nSPS) is 33.6. The van der Waals surface area contributed by atoms with Crippen molar-refractivity contribution < 1.29 is 24.1 Å². The van der Waals surface area contributed by atoms with E-state index in [0.29, 0.717) is 13.3 Å². The van der Waals surface area contributed by atoms with Gasteiger partial charge in [0, 0.05) is 33.3 Å². The first-order chi connectivity index (χ1) is 9.37. The van der Waals surface area contributed by atoms with E-state index >= 15 is 0 Å². The molecule has 3 unspecified atom stereocenters. The van der Waals surface area contributed by atoms with E-state index in [1.165, 1.54) is 0 Å². The van der Waals surface area contributed by atoms with Gasteiger partial charge in [-0.15, -0.1) is 0 Å². The molecule has 0 aromatic rings. The summed E-state index contributed by atoms with van der Waals surface area (Å²) in [5, 5.41) is 9.55. The summed E-state index contributed by atoms with van der Waals surface area (Å²) in [7, 11) is 3.26. The van der Waals surface area contributed by atoms with Crippen LogP contribution in [0.2, 0.25) is 0 Å². The Bertz CT molecular complexity index is 326. The lowest BCUT2D eigenvalue weighted by Crippen LogP contribution is -2.54. The Morgan fingerprint density at radius 3 is 2.45 bits per heavy atom. The van der Waals surface area contributed by atoms with Crippen molar-refractivity contribution in [2.45, 2.75) is 44.3 Å². The third-order valence-electron chi connectivity index (χ3n) is 4.15. The van der Waals surface area contributed by atoms with Crippen LogP contribution in [0.3, 0.4) is 0 Å². The number of hydrogen-bond acceptors (Lipinski definition) is 6. The predicted octanol–water partition coefficient (Wildman–Crippen LogP) is 0.440. The summed E-state index contributed by atoms with van der Waals surface area (Å²) in [4.78, 5) is 2.15. The molecule has 118 valence electrons. The van der Waals surface area contributed by atoms with Gasteiger partial charge in [0.1, 0.15) is 13.3 Å². The van der Waals surface area contributed by atoms with Gasteiger partial charge in [0.15, 0.2) is 0 Å². The minimum atomic E-state index is -0.782. The van der Waals surface area contributed by atoms with Gasteiger partial charge in [0.25, 0.3) is 0 Å². The molecule has 2 fully saturated rings. The smallest absolute Gasteiger partial charge is 0.210 e. The minimum absolute atomic E-state index is 0.0583. The van der Waals surface area contributed by atoms with Gasteiger partial charge >= 0.3 is 0 Å². The minimum Gasteiger partial charge on any atom is -0.396 e. The Morgan fingerprint density at radius 2 is 1.95 bits per heavy atom. The molecule has 1 N–H and O–H groups in total. The van der Waals surface area contributed by atoms with E-state index in [9.17, 15) is 5.11 Å². The molecule has 20 heavy (non-hydrogen) atoms. The zero-order valence-corrected chi connectivity index (χ0v) is 13.1. The van der Waals surface area contributed by atoms with Crippen LogP contribution >= 0.6 is 0 Å². The molecule has 0 radical (unpaired) electrons. The van der Waals surface area contributed by atoms with Crippen molar-refractivity contribution >= 4 is 0 Å². The molecule has 0 spiro atoms. The summed E-state index contributed by atoms with van der Waals surface area (Å²) in [5.41, 5.74) is -0.213. The van der Waals surface area contributed by atoms with E-state index in [4.69, 9.17) is 18.9 Å². The van der Waals surface area contributed by atoms with Crippen molar-refractivity contribution in [1.29, 1.82) is 0 Å². The molecule has 3 atom stereocenters. The zero-order valence-electron chi connectivity index (χ0n) is 13.1. The number of likely N-dealkylation sites (tertiary alicyclic amines) is 1. The number of rotatable bonds is 5. The van der Waals surface area contributed by atoms with E-state index in [-0.39, 0.29) is 30.3 Å². The first-order valence-electron chi connectivity index (χ1n) is 7.07. The molecule has 0 aromatic heterocycles. The van der Waals surface area contributed by atoms with Crippen molar-refractivity contribution in [3.8, 4) is 0 Å². The zero-order chi connectivity index (χ0) is 15.0. The lowest BCUT2D eigenvalue weighted by Gasteiger charge is -2.36. The average Bonchev–Trinajstić information content (AvgIpc) is 2.94. The molecular weight excluding hydrogens is 262 g/mol. The van der Waals surface area contributed by atoms with Crippen molar-refractivity contribution in [3.63, 3.8) is 0 Å². The molecule has 2 aliphatic heterocycles. The molecule has 6 heteroatoms. The Balaban J connectivity index is 2.14. The van der Waals surface area contributed by atoms with Gasteiger partial charge < -0.3 is 24.1 Å². The van der Waals surface area contributed by atoms with E-state index in [2.05, 4.69) is 4.90 Å². The third kappa shape index (κ3) is 2.86. The van der Waals surface area contributed by atoms with Crippen LogP contribution in [0.15, 0.2) is 0 Å². The van der Waals surface area contributed by atoms with Gasteiger partial charge in [0.2, 0.25) is 5.79 Å². The second-order valence-electron chi connectivity index (χ2n) is 6.54. The van der Waals surface area contributed by atoms with Gasteiger partial charge in [-0.1, -0.05) is 0 Å². The Labute approximate surface area is 120 Å². The number of aliphatic hydroxyl groups is 1. The molecule has 6 nitrogen and oxygen atoms in total. The number of methoxy groups -OCH3 is 2. The van der Waals surface area contributed by atoms with Crippen molar-refractivity contribution in [2.24, 2.45) is 5.92 Å². The van der Waals surface area contributed by atoms with E-state index in [1.807, 2.05) is 20.8 Å². The fraction of sp³-hybridized carbons (Fsp3) is 1.00. The first-order valence-corrected chi connectivity index (χ1v) is 7.07. The number of nitrogens with zero attached hydrogens (tertiary/aromatic N) is 1. The van der Waals surface area contributed by atoms with Crippen LogP contribution in [-0.2, 0) is 18.9 Å². The standard InChI is InChI=1S/C14H27NO5/c1-13(2,3)20-9-15-6-10(7-16)11-12(15)14(17-4,18-5)8-19-11/h10-12,16H,6-9H2,1-5H3. The maximum absolute atomic E-state index is 9.55. The largest absolute Gasteiger partial charge is 0.396 e. The van der Waals surface area contributed by atoms with Crippen LogP contribution in [0.25, 0.3) is 0 Å². The molecule has 2 saturated heterocycles. The van der Waals surface area contributed by atoms with Gasteiger partial charge in [-0.05, 0) is 20.8 Å². The lowest BCUT2D eigenvalue weighted by atomic mass is 9.99. The fourth-order valence-corrected chi connectivity index (χ4v) is 3.05. The molecule has 0 saturated carbocycles. The summed E-state index contributed by atoms with van der Waals surface area (Å²) >= 11 is 0. The average molecular weight is 289 g/mol. The van der Waals surface area contributed by atoms with Crippen LogP contribution in [-0.4, -0.2) is 74.2 Å². The summed E-state index contributed by atoms with van der Waals surface area (Å²) in [6, 6.07) is -0.0583. The lowest BCUT2D eigenvalue weighted by molar-refractivity contribution is -0.235. The summed E-state index contributed by atoms with van der Waals surface area (Å²) in [6.07, 6.45) is -0.0801. The summed E-state index contributed by atoms with van der Waals surface area (Å²) in [6.45, 7) is 7.73. The van der Waals surface area contributed by atoms with Crippen LogP contribution in [0.4, 0.5) is 0 Å². The van der Waals surface area contributed by atoms with Gasteiger partial charge in [-0.3, -0.25) is 4.90 Å². The first kappa shape index (κ1) is 16.1. The van der Waals surface area contributed by atoms with E-state index in [1.54, 1.807) is 14.2 Å². The molecular formula is C14H27NO5. The maximum atomic E-state index is 9.55. The monoisotopic (exact) mass is 289 g/mol. The number of ether oxygens (including phenoxy) is 4. The molecule has 2 aliphatic rings.